The first-order chi connectivity index (χ1) is 11.3. The van der Waals surface area contributed by atoms with E-state index in [1.54, 1.807) is 20.0 Å². The highest BCUT2D eigenvalue weighted by atomic mass is 32.1. The highest BCUT2D eigenvalue weighted by Gasteiger charge is 2.18. The summed E-state index contributed by atoms with van der Waals surface area (Å²) < 4.78 is 22.8. The Hall–Kier alpha value is -1.38. The summed E-state index contributed by atoms with van der Waals surface area (Å²) in [5.41, 5.74) is 9.75. The predicted molar refractivity (Wildman–Crippen MR) is 88.4 cm³/mol. The molecule has 2 aromatic rings. The van der Waals surface area contributed by atoms with Crippen molar-refractivity contribution in [2.45, 2.75) is 33.7 Å². The minimum Gasteiger partial charge on any atom is -0.756 e. The summed E-state index contributed by atoms with van der Waals surface area (Å²) in [5.74, 6) is 1.10. The predicted octanol–water partition coefficient (Wildman–Crippen LogP) is 1.14. The van der Waals surface area contributed by atoms with Crippen molar-refractivity contribution >= 4 is 25.0 Å². The standard InChI is InChI=1S/C14H21N4O4PS/c1-4-21-23(19,20)22-6-5-13-10(2)18(9-24-13)8-12-7-16-11(3)17-14(12)15/h7,9H,4-6,8H2,1-3H3,(H2-,15,16,17,19,20). The normalized spacial score (nSPS) is 13.8. The molecule has 8 nitrogen and oxygen atoms in total. The smallest absolute Gasteiger partial charge is 0.267 e. The Kier molecular flexibility index (Phi) is 6.42. The molecule has 0 amide bonds. The SMILES string of the molecule is CCOP(=O)([O-])OCCc1sc[n+](Cc2cnc(C)nc2N)c1C. The zero-order valence-corrected chi connectivity index (χ0v) is 15.6. The molecule has 2 N–H and O–H groups in total. The first kappa shape index (κ1) is 19.0. The van der Waals surface area contributed by atoms with Gasteiger partial charge in [-0.05, 0) is 13.8 Å². The first-order valence-corrected chi connectivity index (χ1v) is 9.81. The van der Waals surface area contributed by atoms with Crippen LogP contribution in [0.25, 0.3) is 0 Å². The van der Waals surface area contributed by atoms with Gasteiger partial charge in [-0.1, -0.05) is 11.3 Å². The van der Waals surface area contributed by atoms with Crippen LogP contribution in [0, 0.1) is 13.8 Å². The number of rotatable bonds is 8. The van der Waals surface area contributed by atoms with Crippen molar-refractivity contribution in [3.63, 3.8) is 0 Å². The highest BCUT2D eigenvalue weighted by Crippen LogP contribution is 2.37. The van der Waals surface area contributed by atoms with E-state index < -0.39 is 7.82 Å². The quantitative estimate of drug-likeness (QED) is 0.546. The van der Waals surface area contributed by atoms with Gasteiger partial charge in [-0.25, -0.2) is 9.97 Å². The van der Waals surface area contributed by atoms with E-state index in [4.69, 9.17) is 10.3 Å². The molecule has 24 heavy (non-hydrogen) atoms. The van der Waals surface area contributed by atoms with E-state index >= 15 is 0 Å². The van der Waals surface area contributed by atoms with Crippen LogP contribution >= 0.6 is 19.2 Å². The molecule has 2 heterocycles. The number of phosphoric acid groups is 1. The first-order valence-electron chi connectivity index (χ1n) is 7.47. The lowest BCUT2D eigenvalue weighted by Crippen LogP contribution is -2.35. The van der Waals surface area contributed by atoms with Gasteiger partial charge in [0.25, 0.3) is 7.82 Å². The maximum Gasteiger partial charge on any atom is 0.267 e. The van der Waals surface area contributed by atoms with Gasteiger partial charge in [-0.2, -0.15) is 4.57 Å². The van der Waals surface area contributed by atoms with Gasteiger partial charge in [-0.3, -0.25) is 4.57 Å². The van der Waals surface area contributed by atoms with Gasteiger partial charge < -0.3 is 19.7 Å². The number of nitrogens with two attached hydrogens (primary N) is 1. The van der Waals surface area contributed by atoms with Crippen LogP contribution in [0.1, 0.15) is 28.9 Å². The molecule has 10 heteroatoms. The molecule has 2 rings (SSSR count). The minimum atomic E-state index is -4.19. The second-order valence-corrected chi connectivity index (χ2v) is 7.49. The lowest BCUT2D eigenvalue weighted by molar-refractivity contribution is -0.689. The second-order valence-electron chi connectivity index (χ2n) is 5.14. The van der Waals surface area contributed by atoms with Crippen LogP contribution in [0.2, 0.25) is 0 Å². The molecule has 0 bridgehead atoms. The zero-order chi connectivity index (χ0) is 17.7. The summed E-state index contributed by atoms with van der Waals surface area (Å²) in [6, 6.07) is 0. The molecule has 1 atom stereocenters. The third-order valence-electron chi connectivity index (χ3n) is 3.38. The number of nitrogens with zero attached hydrogens (tertiary/aromatic N) is 3. The van der Waals surface area contributed by atoms with Crippen LogP contribution in [0.5, 0.6) is 0 Å². The molecule has 0 aliphatic carbocycles. The zero-order valence-electron chi connectivity index (χ0n) is 13.9. The Morgan fingerprint density at radius 3 is 2.83 bits per heavy atom. The van der Waals surface area contributed by atoms with E-state index in [9.17, 15) is 9.46 Å². The lowest BCUT2D eigenvalue weighted by atomic mass is 10.2. The number of hydrogen-bond donors (Lipinski definition) is 1. The maximum atomic E-state index is 11.4. The van der Waals surface area contributed by atoms with Gasteiger partial charge >= 0.3 is 0 Å². The molecular formula is C14H21N4O4PS. The van der Waals surface area contributed by atoms with Crippen LogP contribution in [0.15, 0.2) is 11.7 Å². The topological polar surface area (TPSA) is 114 Å². The number of thiazole rings is 1. The maximum absolute atomic E-state index is 11.4. The Morgan fingerprint density at radius 2 is 2.17 bits per heavy atom. The van der Waals surface area contributed by atoms with Crippen molar-refractivity contribution in [1.82, 2.24) is 9.97 Å². The van der Waals surface area contributed by atoms with E-state index in [1.807, 2.05) is 17.0 Å². The van der Waals surface area contributed by atoms with Crippen LogP contribution < -0.4 is 15.2 Å². The Morgan fingerprint density at radius 1 is 1.42 bits per heavy atom. The molecule has 1 unspecified atom stereocenters. The van der Waals surface area contributed by atoms with Crippen LogP contribution in [0.4, 0.5) is 5.82 Å². The third-order valence-corrected chi connectivity index (χ3v) is 5.60. The monoisotopic (exact) mass is 372 g/mol. The summed E-state index contributed by atoms with van der Waals surface area (Å²) in [6.45, 7) is 6.04. The molecule has 0 saturated carbocycles. The number of phosphoric ester groups is 1. The van der Waals surface area contributed by atoms with Crippen molar-refractivity contribution in [2.24, 2.45) is 0 Å². The van der Waals surface area contributed by atoms with Gasteiger partial charge in [0.2, 0.25) is 5.51 Å². The molecule has 0 fully saturated rings. The fraction of sp³-hybridized carbons (Fsp3) is 0.500. The molecule has 2 aromatic heterocycles. The number of aryl methyl sites for hydroxylation is 1. The molecule has 0 saturated heterocycles. The van der Waals surface area contributed by atoms with Crippen molar-refractivity contribution < 1.29 is 23.1 Å². The van der Waals surface area contributed by atoms with E-state index in [1.165, 1.54) is 11.3 Å². The lowest BCUT2D eigenvalue weighted by Gasteiger charge is -2.21. The van der Waals surface area contributed by atoms with Crippen molar-refractivity contribution in [3.8, 4) is 0 Å². The summed E-state index contributed by atoms with van der Waals surface area (Å²) in [5, 5.41) is 0. The molecule has 0 aliphatic heterocycles. The van der Waals surface area contributed by atoms with E-state index in [0.29, 0.717) is 24.6 Å². The molecule has 0 aromatic carbocycles. The molecule has 132 valence electrons. The van der Waals surface area contributed by atoms with E-state index in [0.717, 1.165) is 16.1 Å². The van der Waals surface area contributed by atoms with E-state index in [2.05, 4.69) is 14.5 Å². The molecular weight excluding hydrogens is 351 g/mol. The average molecular weight is 372 g/mol. The number of hydrogen-bond acceptors (Lipinski definition) is 8. The fourth-order valence-corrected chi connectivity index (χ4v) is 3.79. The van der Waals surface area contributed by atoms with Crippen molar-refractivity contribution in [1.29, 1.82) is 0 Å². The highest BCUT2D eigenvalue weighted by molar-refractivity contribution is 7.45. The van der Waals surface area contributed by atoms with Gasteiger partial charge in [0.1, 0.15) is 11.6 Å². The largest absolute Gasteiger partial charge is 0.756 e. The number of aromatic nitrogens is 3. The summed E-state index contributed by atoms with van der Waals surface area (Å²) in [6.07, 6.45) is 2.21. The van der Waals surface area contributed by atoms with Gasteiger partial charge in [0.15, 0.2) is 12.2 Å². The Labute approximate surface area is 144 Å². The Bertz CT molecular complexity index is 752. The van der Waals surface area contributed by atoms with E-state index in [-0.39, 0.29) is 13.2 Å². The summed E-state index contributed by atoms with van der Waals surface area (Å²) in [4.78, 5) is 20.7. The fourth-order valence-electron chi connectivity index (χ4n) is 2.11. The number of anilines is 1. The van der Waals surface area contributed by atoms with Crippen molar-refractivity contribution in [2.75, 3.05) is 18.9 Å². The van der Waals surface area contributed by atoms with Gasteiger partial charge in [0, 0.05) is 19.5 Å². The second kappa shape index (κ2) is 8.13. The average Bonchev–Trinajstić information content (AvgIpc) is 2.83. The van der Waals surface area contributed by atoms with Crippen LogP contribution in [-0.2, 0) is 26.6 Å². The Balaban J connectivity index is 1.99. The summed E-state index contributed by atoms with van der Waals surface area (Å²) >= 11 is 1.54. The number of nitrogen functional groups attached to an aromatic ring is 1. The minimum absolute atomic E-state index is 0.0535. The van der Waals surface area contributed by atoms with Crippen LogP contribution in [-0.4, -0.2) is 23.2 Å². The van der Waals surface area contributed by atoms with Gasteiger partial charge in [0.05, 0.1) is 23.7 Å². The molecule has 0 spiro atoms. The van der Waals surface area contributed by atoms with Crippen LogP contribution in [0.3, 0.4) is 0 Å². The third kappa shape index (κ3) is 5.06. The van der Waals surface area contributed by atoms with Gasteiger partial charge in [-0.15, -0.1) is 0 Å². The molecule has 0 aliphatic rings. The van der Waals surface area contributed by atoms with Crippen molar-refractivity contribution in [3.05, 3.63) is 33.7 Å². The summed E-state index contributed by atoms with van der Waals surface area (Å²) in [7, 11) is -4.19. The molecule has 0 radical (unpaired) electrons.